The fourth-order valence-corrected chi connectivity index (χ4v) is 1.17. The Hall–Kier alpha value is -1.67. The number of nitro benzene ring substituents is 1. The Morgan fingerprint density at radius 3 is 2.71 bits per heavy atom. The van der Waals surface area contributed by atoms with Crippen molar-refractivity contribution in [3.05, 3.63) is 28.3 Å². The zero-order valence-corrected chi connectivity index (χ0v) is 7.56. The molecule has 7 nitrogen and oxygen atoms in total. The summed E-state index contributed by atoms with van der Waals surface area (Å²) >= 11 is -2.64. The molecule has 0 aromatic heterocycles. The van der Waals surface area contributed by atoms with Crippen molar-refractivity contribution >= 4 is 22.7 Å². The zero-order valence-electron chi connectivity index (χ0n) is 6.75. The van der Waals surface area contributed by atoms with Crippen LogP contribution in [-0.2, 0) is 11.4 Å². The van der Waals surface area contributed by atoms with Gasteiger partial charge in [-0.05, 0) is 6.07 Å². The molecular formula is C6H6N2O5S. The second kappa shape index (κ2) is 4.03. The Labute approximate surface area is 81.1 Å². The monoisotopic (exact) mass is 218 g/mol. The molecule has 0 saturated heterocycles. The number of hydrogen-bond donors (Lipinski definition) is 2. The molecule has 1 unspecified atom stereocenters. The van der Waals surface area contributed by atoms with E-state index in [4.69, 9.17) is 10.3 Å². The van der Waals surface area contributed by atoms with Crippen LogP contribution in [0.1, 0.15) is 0 Å². The number of nitrogens with zero attached hydrogens (tertiary/aromatic N) is 1. The molecule has 8 heteroatoms. The largest absolute Gasteiger partial charge is 0.395 e. The first kappa shape index (κ1) is 10.4. The van der Waals surface area contributed by atoms with Crippen LogP contribution in [0.5, 0.6) is 5.75 Å². The van der Waals surface area contributed by atoms with Crippen molar-refractivity contribution in [2.24, 2.45) is 0 Å². The number of nitrogen functional groups attached to an aromatic ring is 1. The highest BCUT2D eigenvalue weighted by Gasteiger charge is 2.19. The lowest BCUT2D eigenvalue weighted by atomic mass is 10.2. The third kappa shape index (κ3) is 2.18. The van der Waals surface area contributed by atoms with Gasteiger partial charge in [-0.1, -0.05) is 6.07 Å². The second-order valence-corrected chi connectivity index (χ2v) is 2.85. The van der Waals surface area contributed by atoms with Crippen LogP contribution < -0.4 is 9.92 Å². The normalized spacial score (nSPS) is 12.1. The van der Waals surface area contributed by atoms with Gasteiger partial charge in [0.2, 0.25) is 5.75 Å². The van der Waals surface area contributed by atoms with E-state index in [0.717, 1.165) is 6.07 Å². The minimum absolute atomic E-state index is 0.0680. The first-order chi connectivity index (χ1) is 6.52. The Morgan fingerprint density at radius 1 is 1.57 bits per heavy atom. The molecule has 1 aromatic rings. The summed E-state index contributed by atoms with van der Waals surface area (Å²) in [6.45, 7) is 0. The van der Waals surface area contributed by atoms with Gasteiger partial charge in [-0.2, -0.15) is 4.21 Å². The van der Waals surface area contributed by atoms with E-state index in [-0.39, 0.29) is 5.69 Å². The van der Waals surface area contributed by atoms with Gasteiger partial charge in [0.15, 0.2) is 0 Å². The van der Waals surface area contributed by atoms with Crippen molar-refractivity contribution in [3.63, 3.8) is 0 Å². The molecule has 0 saturated carbocycles. The van der Waals surface area contributed by atoms with Crippen LogP contribution in [0.25, 0.3) is 0 Å². The van der Waals surface area contributed by atoms with Crippen molar-refractivity contribution in [1.29, 1.82) is 0 Å². The van der Waals surface area contributed by atoms with Crippen LogP contribution in [0.2, 0.25) is 0 Å². The molecule has 1 aromatic carbocycles. The number of rotatable bonds is 3. The molecule has 0 bridgehead atoms. The van der Waals surface area contributed by atoms with Crippen LogP contribution in [0.4, 0.5) is 11.4 Å². The summed E-state index contributed by atoms with van der Waals surface area (Å²) in [5, 5.41) is 10.4. The Morgan fingerprint density at radius 2 is 2.21 bits per heavy atom. The highest BCUT2D eigenvalue weighted by molar-refractivity contribution is 7.74. The molecule has 1 rings (SSSR count). The smallest absolute Gasteiger partial charge is 0.357 e. The van der Waals surface area contributed by atoms with Crippen LogP contribution >= 0.6 is 0 Å². The van der Waals surface area contributed by atoms with Gasteiger partial charge < -0.3 is 9.92 Å². The fraction of sp³-hybridized carbons (Fsp3) is 0. The van der Waals surface area contributed by atoms with Crippen LogP contribution in [0, 0.1) is 10.1 Å². The molecule has 3 N–H and O–H groups in total. The topological polar surface area (TPSA) is 116 Å². The maximum absolute atomic E-state index is 10.4. The molecule has 76 valence electrons. The summed E-state index contributed by atoms with van der Waals surface area (Å²) < 4.78 is 23.0. The molecule has 14 heavy (non-hydrogen) atoms. The Bertz CT molecular complexity index is 394. The van der Waals surface area contributed by atoms with E-state index in [1.165, 1.54) is 12.1 Å². The van der Waals surface area contributed by atoms with E-state index in [9.17, 15) is 14.3 Å². The van der Waals surface area contributed by atoms with E-state index in [2.05, 4.69) is 4.18 Å². The lowest BCUT2D eigenvalue weighted by Gasteiger charge is -2.03. The second-order valence-electron chi connectivity index (χ2n) is 2.25. The van der Waals surface area contributed by atoms with E-state index < -0.39 is 27.7 Å². The maximum atomic E-state index is 10.4. The van der Waals surface area contributed by atoms with E-state index in [1.807, 2.05) is 0 Å². The number of anilines is 1. The van der Waals surface area contributed by atoms with Gasteiger partial charge in [-0.15, -0.1) is 0 Å². The maximum Gasteiger partial charge on any atom is 0.357 e. The first-order valence-electron chi connectivity index (χ1n) is 3.34. The third-order valence-corrected chi connectivity index (χ3v) is 1.69. The highest BCUT2D eigenvalue weighted by Crippen LogP contribution is 2.32. The summed E-state index contributed by atoms with van der Waals surface area (Å²) in [4.78, 5) is 9.69. The van der Waals surface area contributed by atoms with E-state index in [0.29, 0.717) is 0 Å². The third-order valence-electron chi connectivity index (χ3n) is 1.38. The summed E-state index contributed by atoms with van der Waals surface area (Å²) in [5.74, 6) is -0.404. The average molecular weight is 218 g/mol. The van der Waals surface area contributed by atoms with Crippen LogP contribution in [0.15, 0.2) is 18.2 Å². The van der Waals surface area contributed by atoms with Crippen molar-refractivity contribution in [3.8, 4) is 5.75 Å². The predicted molar refractivity (Wildman–Crippen MR) is 48.9 cm³/mol. The van der Waals surface area contributed by atoms with Crippen molar-refractivity contribution < 1.29 is 17.9 Å². The summed E-state index contributed by atoms with van der Waals surface area (Å²) in [6.07, 6.45) is 0. The lowest BCUT2D eigenvalue weighted by molar-refractivity contribution is -0.385. The number of para-hydroxylation sites is 1. The molecule has 0 radical (unpaired) electrons. The molecule has 0 heterocycles. The van der Waals surface area contributed by atoms with Crippen molar-refractivity contribution in [2.75, 3.05) is 5.73 Å². The Balaban J connectivity index is 3.22. The van der Waals surface area contributed by atoms with E-state index >= 15 is 0 Å². The minimum Gasteiger partial charge on any atom is -0.395 e. The number of benzene rings is 1. The number of nitro groups is 1. The average Bonchev–Trinajstić information content (AvgIpc) is 2.07. The number of hydrogen-bond acceptors (Lipinski definition) is 5. The highest BCUT2D eigenvalue weighted by atomic mass is 32.2. The van der Waals surface area contributed by atoms with E-state index in [1.54, 1.807) is 0 Å². The SMILES string of the molecule is Nc1cccc([N+](=O)[O-])c1OS(=O)O. The van der Waals surface area contributed by atoms with Gasteiger partial charge in [0, 0.05) is 6.07 Å². The van der Waals surface area contributed by atoms with Gasteiger partial charge in [0.05, 0.1) is 10.6 Å². The van der Waals surface area contributed by atoms with Gasteiger partial charge >= 0.3 is 17.0 Å². The van der Waals surface area contributed by atoms with Gasteiger partial charge in [0.25, 0.3) is 0 Å². The van der Waals surface area contributed by atoms with Gasteiger partial charge in [0.1, 0.15) is 0 Å². The van der Waals surface area contributed by atoms with Crippen LogP contribution in [0.3, 0.4) is 0 Å². The van der Waals surface area contributed by atoms with Crippen molar-refractivity contribution in [1.82, 2.24) is 0 Å². The molecular weight excluding hydrogens is 212 g/mol. The van der Waals surface area contributed by atoms with Crippen molar-refractivity contribution in [2.45, 2.75) is 0 Å². The first-order valence-corrected chi connectivity index (χ1v) is 4.37. The Kier molecular flexibility index (Phi) is 2.99. The fourth-order valence-electron chi connectivity index (χ4n) is 0.848. The van der Waals surface area contributed by atoms with Gasteiger partial charge in [-0.3, -0.25) is 14.7 Å². The standard InChI is InChI=1S/C6H6N2O5S/c7-4-2-1-3-5(8(9)10)6(4)13-14(11)12/h1-3H,7H2,(H,11,12). The number of nitrogens with two attached hydrogens (primary N) is 1. The molecule has 0 aliphatic rings. The predicted octanol–water partition coefficient (Wildman–Crippen LogP) is 0.693. The summed E-state index contributed by atoms with van der Waals surface area (Å²) in [6, 6.07) is 3.80. The minimum atomic E-state index is -2.64. The molecule has 0 aliphatic carbocycles. The zero-order chi connectivity index (χ0) is 10.7. The van der Waals surface area contributed by atoms with Gasteiger partial charge in [-0.25, -0.2) is 0 Å². The summed E-state index contributed by atoms with van der Waals surface area (Å²) in [5.41, 5.74) is 4.81. The molecule has 0 spiro atoms. The summed E-state index contributed by atoms with van der Waals surface area (Å²) in [7, 11) is 0. The molecule has 0 fully saturated rings. The quantitative estimate of drug-likeness (QED) is 0.333. The molecule has 0 amide bonds. The lowest BCUT2D eigenvalue weighted by Crippen LogP contribution is -2.03. The van der Waals surface area contributed by atoms with Crippen LogP contribution in [-0.4, -0.2) is 13.7 Å². The molecule has 0 aliphatic heterocycles. The molecule has 1 atom stereocenters.